The number of ether oxygens (including phenoxy) is 1. The highest BCUT2D eigenvalue weighted by Gasteiger charge is 2.25. The second-order valence-corrected chi connectivity index (χ2v) is 9.36. The van der Waals surface area contributed by atoms with Crippen molar-refractivity contribution < 1.29 is 14.3 Å². The number of carbonyl (C=O) groups excluding carboxylic acids is 2. The van der Waals surface area contributed by atoms with Gasteiger partial charge >= 0.3 is 6.09 Å². The Hall–Kier alpha value is -2.13. The molecule has 1 saturated heterocycles. The predicted octanol–water partition coefficient (Wildman–Crippen LogP) is 4.79. The lowest BCUT2D eigenvalue weighted by molar-refractivity contribution is 0.0830. The average Bonchev–Trinajstić information content (AvgIpc) is 3.27. The Bertz CT molecular complexity index is 924. The topological polar surface area (TPSA) is 70.7 Å². The van der Waals surface area contributed by atoms with Crippen molar-refractivity contribution in [3.05, 3.63) is 57.2 Å². The highest BCUT2D eigenvalue weighted by Crippen LogP contribution is 2.30. The summed E-state index contributed by atoms with van der Waals surface area (Å²) in [6.45, 7) is 3.98. The van der Waals surface area contributed by atoms with Crippen molar-refractivity contribution in [1.82, 2.24) is 4.90 Å². The van der Waals surface area contributed by atoms with Crippen LogP contribution in [0.25, 0.3) is 0 Å². The lowest BCUT2D eigenvalue weighted by Gasteiger charge is -2.31. The van der Waals surface area contributed by atoms with E-state index in [-0.39, 0.29) is 11.7 Å². The van der Waals surface area contributed by atoms with Gasteiger partial charge in [0.2, 0.25) is 0 Å². The molecule has 2 aromatic carbocycles. The van der Waals surface area contributed by atoms with E-state index in [0.717, 1.165) is 72.4 Å². The maximum atomic E-state index is 12.7. The largest absolute Gasteiger partial charge is 0.449 e. The van der Waals surface area contributed by atoms with Crippen LogP contribution in [0.2, 0.25) is 0 Å². The summed E-state index contributed by atoms with van der Waals surface area (Å²) in [5, 5.41) is 6.15. The van der Waals surface area contributed by atoms with Crippen molar-refractivity contribution in [2.75, 3.05) is 43.4 Å². The van der Waals surface area contributed by atoms with Crippen molar-refractivity contribution in [2.45, 2.75) is 25.7 Å². The van der Waals surface area contributed by atoms with E-state index in [4.69, 9.17) is 4.74 Å². The monoisotopic (exact) mass is 533 g/mol. The minimum absolute atomic E-state index is 0.111. The van der Waals surface area contributed by atoms with Crippen molar-refractivity contribution in [2.24, 2.45) is 5.92 Å². The van der Waals surface area contributed by atoms with E-state index >= 15 is 0 Å². The first-order valence-electron chi connectivity index (χ1n) is 10.9. The van der Waals surface area contributed by atoms with E-state index in [1.165, 1.54) is 5.56 Å². The smallest absolute Gasteiger partial charge is 0.411 e. The number of hydrogen-bond donors (Lipinski definition) is 2. The number of fused-ring (bicyclic) bond motifs is 1. The van der Waals surface area contributed by atoms with Crippen LogP contribution in [0, 0.1) is 9.49 Å². The number of nitrogens with zero attached hydrogens (tertiary/aromatic N) is 1. The summed E-state index contributed by atoms with van der Waals surface area (Å²) < 4.78 is 6.51. The van der Waals surface area contributed by atoms with Crippen LogP contribution >= 0.6 is 22.6 Å². The zero-order valence-corrected chi connectivity index (χ0v) is 19.7. The molecule has 4 rings (SSSR count). The Morgan fingerprint density at radius 1 is 1.13 bits per heavy atom. The van der Waals surface area contributed by atoms with Gasteiger partial charge in [-0.2, -0.15) is 0 Å². The van der Waals surface area contributed by atoms with Gasteiger partial charge in [-0.15, -0.1) is 0 Å². The molecule has 0 atom stereocenters. The lowest BCUT2D eigenvalue weighted by Crippen LogP contribution is -2.37. The molecule has 1 fully saturated rings. The molecule has 0 aliphatic carbocycles. The van der Waals surface area contributed by atoms with Gasteiger partial charge in [-0.1, -0.05) is 24.3 Å². The Balaban J connectivity index is 1.14. The Labute approximate surface area is 196 Å². The summed E-state index contributed by atoms with van der Waals surface area (Å²) >= 11 is 2.25. The van der Waals surface area contributed by atoms with Crippen LogP contribution in [0.15, 0.2) is 42.5 Å². The molecule has 0 saturated carbocycles. The van der Waals surface area contributed by atoms with Crippen LogP contribution in [-0.2, 0) is 11.2 Å². The third-order valence-electron chi connectivity index (χ3n) is 6.02. The highest BCUT2D eigenvalue weighted by atomic mass is 127. The minimum Gasteiger partial charge on any atom is -0.449 e. The number of piperidine rings is 1. The fraction of sp³-hybridized carbons (Fsp3) is 0.417. The second-order valence-electron chi connectivity index (χ2n) is 8.12. The Morgan fingerprint density at radius 2 is 1.90 bits per heavy atom. The summed E-state index contributed by atoms with van der Waals surface area (Å²) in [4.78, 5) is 27.2. The summed E-state index contributed by atoms with van der Waals surface area (Å²) in [6, 6.07) is 13.7. The normalized spacial score (nSPS) is 16.4. The van der Waals surface area contributed by atoms with Crippen LogP contribution in [-0.4, -0.2) is 49.6 Å². The first kappa shape index (κ1) is 22.1. The number of hydrogen-bond acceptors (Lipinski definition) is 5. The molecule has 6 nitrogen and oxygen atoms in total. The predicted molar refractivity (Wildman–Crippen MR) is 131 cm³/mol. The number of Topliss-reactive ketones (excluding diaryl/α,β-unsaturated/α-hetero) is 1. The molecule has 31 heavy (non-hydrogen) atoms. The van der Waals surface area contributed by atoms with E-state index in [2.05, 4.69) is 44.2 Å². The minimum atomic E-state index is -0.413. The van der Waals surface area contributed by atoms with E-state index in [1.54, 1.807) is 0 Å². The maximum Gasteiger partial charge on any atom is 0.411 e. The maximum absolute atomic E-state index is 12.7. The SMILES string of the molecule is O=C(Nc1cccc2c1NCC2)OCCCN1CCC(C(=O)c2ccc(I)cc2)CC1. The van der Waals surface area contributed by atoms with Gasteiger partial charge in [0.25, 0.3) is 0 Å². The summed E-state index contributed by atoms with van der Waals surface area (Å²) in [6.07, 6.45) is 3.13. The molecule has 7 heteroatoms. The number of benzene rings is 2. The van der Waals surface area contributed by atoms with E-state index in [1.807, 2.05) is 36.4 Å². The molecule has 2 heterocycles. The average molecular weight is 533 g/mol. The number of ketones is 1. The number of amides is 1. The molecule has 164 valence electrons. The quantitative estimate of drug-likeness (QED) is 0.304. The highest BCUT2D eigenvalue weighted by molar-refractivity contribution is 14.1. The van der Waals surface area contributed by atoms with Gasteiger partial charge in [0.1, 0.15) is 0 Å². The van der Waals surface area contributed by atoms with Gasteiger partial charge in [-0.3, -0.25) is 10.1 Å². The number of carbonyl (C=O) groups is 2. The molecule has 2 aromatic rings. The van der Waals surface area contributed by atoms with Gasteiger partial charge in [-0.25, -0.2) is 4.79 Å². The zero-order valence-electron chi connectivity index (χ0n) is 17.5. The third kappa shape index (κ3) is 5.77. The molecular formula is C24H28IN3O3. The molecule has 2 aliphatic heterocycles. The summed E-state index contributed by atoms with van der Waals surface area (Å²) in [5.41, 5.74) is 3.82. The molecule has 2 aliphatic rings. The van der Waals surface area contributed by atoms with Crippen molar-refractivity contribution >= 4 is 45.8 Å². The number of para-hydroxylation sites is 1. The zero-order chi connectivity index (χ0) is 21.6. The van der Waals surface area contributed by atoms with Crippen LogP contribution in [0.1, 0.15) is 35.2 Å². The van der Waals surface area contributed by atoms with Gasteiger partial charge in [0, 0.05) is 28.1 Å². The van der Waals surface area contributed by atoms with Crippen molar-refractivity contribution in [1.29, 1.82) is 0 Å². The van der Waals surface area contributed by atoms with Crippen molar-refractivity contribution in [3.63, 3.8) is 0 Å². The van der Waals surface area contributed by atoms with Crippen molar-refractivity contribution in [3.8, 4) is 0 Å². The fourth-order valence-electron chi connectivity index (χ4n) is 4.31. The molecule has 0 aromatic heterocycles. The lowest BCUT2D eigenvalue weighted by atomic mass is 9.89. The molecule has 2 N–H and O–H groups in total. The molecule has 0 bridgehead atoms. The first-order chi connectivity index (χ1) is 15.1. The van der Waals surface area contributed by atoms with Gasteiger partial charge < -0.3 is 15.0 Å². The number of nitrogens with one attached hydrogen (secondary N) is 2. The van der Waals surface area contributed by atoms with Crippen LogP contribution in [0.4, 0.5) is 16.2 Å². The van der Waals surface area contributed by atoms with E-state index in [9.17, 15) is 9.59 Å². The summed E-state index contributed by atoms with van der Waals surface area (Å²) in [5.74, 6) is 0.373. The molecular weight excluding hydrogens is 505 g/mol. The molecule has 0 spiro atoms. The van der Waals surface area contributed by atoms with Gasteiger partial charge in [0.15, 0.2) is 5.78 Å². The van der Waals surface area contributed by atoms with E-state index in [0.29, 0.717) is 6.61 Å². The Morgan fingerprint density at radius 3 is 2.68 bits per heavy atom. The third-order valence-corrected chi connectivity index (χ3v) is 6.74. The molecule has 0 unspecified atom stereocenters. The molecule has 1 amide bonds. The second kappa shape index (κ2) is 10.5. The van der Waals surface area contributed by atoms with Crippen LogP contribution < -0.4 is 10.6 Å². The first-order valence-corrected chi connectivity index (χ1v) is 12.0. The van der Waals surface area contributed by atoms with Crippen LogP contribution in [0.3, 0.4) is 0 Å². The fourth-order valence-corrected chi connectivity index (χ4v) is 4.67. The van der Waals surface area contributed by atoms with Gasteiger partial charge in [-0.05, 0) is 85.1 Å². The number of likely N-dealkylation sites (tertiary alicyclic amines) is 1. The summed E-state index contributed by atoms with van der Waals surface area (Å²) in [7, 11) is 0. The Kier molecular flexibility index (Phi) is 7.45. The molecule has 0 radical (unpaired) electrons. The van der Waals surface area contributed by atoms with Gasteiger partial charge in [0.05, 0.1) is 18.0 Å². The standard InChI is InChI=1S/C24H28IN3O3/c25-20-7-5-18(6-8-20)23(29)19-10-14-28(15-11-19)13-2-16-31-24(30)27-21-4-1-3-17-9-12-26-22(17)21/h1,3-8,19,26H,2,9-16H2,(H,27,30). The number of halogens is 1. The number of rotatable bonds is 7. The van der Waals surface area contributed by atoms with E-state index < -0.39 is 6.09 Å². The number of anilines is 2. The van der Waals surface area contributed by atoms with Crippen LogP contribution in [0.5, 0.6) is 0 Å².